The molecule has 2 amide bonds. The van der Waals surface area contributed by atoms with E-state index in [1.165, 1.54) is 0 Å². The molecule has 3 heterocycles. The molecule has 0 saturated carbocycles. The summed E-state index contributed by atoms with van der Waals surface area (Å²) in [6.07, 6.45) is 0.543. The van der Waals surface area contributed by atoms with Gasteiger partial charge in [-0.2, -0.15) is 0 Å². The van der Waals surface area contributed by atoms with Crippen LogP contribution in [0.4, 0.5) is 5.69 Å². The normalized spacial score (nSPS) is 20.0. The molecule has 1 aromatic heterocycles. The van der Waals surface area contributed by atoms with Crippen LogP contribution < -0.4 is 10.9 Å². The number of nitrogens with zero attached hydrogens (tertiary/aromatic N) is 1. The molecule has 1 atom stereocenters. The molecule has 2 aliphatic heterocycles. The van der Waals surface area contributed by atoms with Crippen LogP contribution >= 0.6 is 0 Å². The monoisotopic (exact) mass is 385 g/mol. The first-order valence-corrected chi connectivity index (χ1v) is 9.57. The maximum absolute atomic E-state index is 13.0. The fourth-order valence-electron chi connectivity index (χ4n) is 4.36. The van der Waals surface area contributed by atoms with Crippen molar-refractivity contribution in [3.8, 4) is 11.3 Å². The van der Waals surface area contributed by atoms with Gasteiger partial charge >= 0.3 is 0 Å². The van der Waals surface area contributed by atoms with Crippen LogP contribution in [0.15, 0.2) is 71.5 Å². The van der Waals surface area contributed by atoms with E-state index in [0.717, 1.165) is 16.8 Å². The van der Waals surface area contributed by atoms with Gasteiger partial charge in [0.1, 0.15) is 5.56 Å². The standard InChI is InChI=1S/C23H19N3O3/c27-20-16(10-11-18(24-20)15-6-2-1-3-7-15)21(28)26-13-12-23(14-26)17-8-4-5-9-19(17)25-22(23)29/h1-11H,12-14H2,(H,24,27)(H,25,29). The summed E-state index contributed by atoms with van der Waals surface area (Å²) in [6, 6.07) is 20.4. The molecule has 29 heavy (non-hydrogen) atoms. The topological polar surface area (TPSA) is 82.3 Å². The zero-order valence-electron chi connectivity index (χ0n) is 15.6. The number of carbonyl (C=O) groups excluding carboxylic acids is 2. The van der Waals surface area contributed by atoms with E-state index in [1.54, 1.807) is 17.0 Å². The third-order valence-electron chi connectivity index (χ3n) is 5.91. The van der Waals surface area contributed by atoms with Crippen LogP contribution in [0.5, 0.6) is 0 Å². The zero-order chi connectivity index (χ0) is 20.0. The summed E-state index contributed by atoms with van der Waals surface area (Å²) in [5.41, 5.74) is 2.20. The summed E-state index contributed by atoms with van der Waals surface area (Å²) in [5, 5.41) is 2.92. The van der Waals surface area contributed by atoms with E-state index in [0.29, 0.717) is 18.7 Å². The number of para-hydroxylation sites is 1. The van der Waals surface area contributed by atoms with Gasteiger partial charge in [0.05, 0.1) is 5.41 Å². The summed E-state index contributed by atoms with van der Waals surface area (Å²) in [6.45, 7) is 0.703. The summed E-state index contributed by atoms with van der Waals surface area (Å²) in [4.78, 5) is 42.8. The Balaban J connectivity index is 1.43. The van der Waals surface area contributed by atoms with Gasteiger partial charge in [0, 0.05) is 24.5 Å². The fourth-order valence-corrected chi connectivity index (χ4v) is 4.36. The number of hydrogen-bond donors (Lipinski definition) is 2. The number of anilines is 1. The Morgan fingerprint density at radius 1 is 0.931 bits per heavy atom. The van der Waals surface area contributed by atoms with Gasteiger partial charge in [0.2, 0.25) is 5.91 Å². The molecular weight excluding hydrogens is 366 g/mol. The second kappa shape index (κ2) is 6.44. The third kappa shape index (κ3) is 2.68. The van der Waals surface area contributed by atoms with Crippen LogP contribution in [0.25, 0.3) is 11.3 Å². The van der Waals surface area contributed by atoms with Crippen molar-refractivity contribution in [2.45, 2.75) is 11.8 Å². The molecular formula is C23H19N3O3. The van der Waals surface area contributed by atoms with Crippen molar-refractivity contribution in [2.75, 3.05) is 18.4 Å². The van der Waals surface area contributed by atoms with Crippen molar-refractivity contribution in [1.82, 2.24) is 9.88 Å². The van der Waals surface area contributed by atoms with E-state index in [-0.39, 0.29) is 23.9 Å². The molecule has 2 aliphatic rings. The lowest BCUT2D eigenvalue weighted by Gasteiger charge is -2.22. The maximum Gasteiger partial charge on any atom is 0.261 e. The first kappa shape index (κ1) is 17.4. The van der Waals surface area contributed by atoms with E-state index < -0.39 is 11.0 Å². The van der Waals surface area contributed by atoms with Crippen LogP contribution in [0.2, 0.25) is 0 Å². The summed E-state index contributed by atoms with van der Waals surface area (Å²) < 4.78 is 0. The second-order valence-electron chi connectivity index (χ2n) is 7.54. The maximum atomic E-state index is 13.0. The molecule has 0 aliphatic carbocycles. The Morgan fingerprint density at radius 3 is 2.48 bits per heavy atom. The van der Waals surface area contributed by atoms with E-state index in [1.807, 2.05) is 54.6 Å². The molecule has 1 saturated heterocycles. The Bertz CT molecular complexity index is 1190. The van der Waals surface area contributed by atoms with Crippen LogP contribution in [0, 0.1) is 0 Å². The number of aromatic amines is 1. The zero-order valence-corrected chi connectivity index (χ0v) is 15.6. The average molecular weight is 385 g/mol. The van der Waals surface area contributed by atoms with Gasteiger partial charge in [0.25, 0.3) is 11.5 Å². The molecule has 1 unspecified atom stereocenters. The fraction of sp³-hybridized carbons (Fsp3) is 0.174. The van der Waals surface area contributed by atoms with Gasteiger partial charge in [-0.1, -0.05) is 48.5 Å². The van der Waals surface area contributed by atoms with Crippen molar-refractivity contribution < 1.29 is 9.59 Å². The molecule has 0 radical (unpaired) electrons. The molecule has 6 heteroatoms. The van der Waals surface area contributed by atoms with Crippen LogP contribution in [0.3, 0.4) is 0 Å². The minimum atomic E-state index is -0.733. The highest BCUT2D eigenvalue weighted by Crippen LogP contribution is 2.44. The molecule has 3 aromatic rings. The van der Waals surface area contributed by atoms with Gasteiger partial charge in [-0.05, 0) is 35.7 Å². The second-order valence-corrected chi connectivity index (χ2v) is 7.54. The van der Waals surface area contributed by atoms with E-state index in [9.17, 15) is 14.4 Å². The lowest BCUT2D eigenvalue weighted by molar-refractivity contribution is -0.120. The Labute approximate surface area is 167 Å². The number of hydrogen-bond acceptors (Lipinski definition) is 3. The van der Waals surface area contributed by atoms with E-state index in [2.05, 4.69) is 10.3 Å². The number of aromatic nitrogens is 1. The quantitative estimate of drug-likeness (QED) is 0.712. The molecule has 5 rings (SSSR count). The van der Waals surface area contributed by atoms with Gasteiger partial charge in [-0.25, -0.2) is 0 Å². The number of amides is 2. The SMILES string of the molecule is O=C(c1ccc(-c2ccccc2)[nH]c1=O)N1CCC2(C1)C(=O)Nc1ccccc12. The Kier molecular flexibility index (Phi) is 3.87. The van der Waals surface area contributed by atoms with Gasteiger partial charge in [-0.15, -0.1) is 0 Å². The van der Waals surface area contributed by atoms with Gasteiger partial charge in [0.15, 0.2) is 0 Å². The first-order chi connectivity index (χ1) is 14.1. The summed E-state index contributed by atoms with van der Waals surface area (Å²) in [7, 11) is 0. The highest BCUT2D eigenvalue weighted by Gasteiger charge is 2.52. The minimum absolute atomic E-state index is 0.0812. The number of carbonyl (C=O) groups is 2. The molecule has 144 valence electrons. The lowest BCUT2D eigenvalue weighted by Crippen LogP contribution is -2.40. The summed E-state index contributed by atoms with van der Waals surface area (Å²) >= 11 is 0. The number of nitrogens with one attached hydrogen (secondary N) is 2. The van der Waals surface area contributed by atoms with Gasteiger partial charge in [-0.3, -0.25) is 14.4 Å². The number of pyridine rings is 1. The lowest BCUT2D eigenvalue weighted by atomic mass is 9.81. The van der Waals surface area contributed by atoms with Crippen molar-refractivity contribution >= 4 is 17.5 Å². The highest BCUT2D eigenvalue weighted by atomic mass is 16.2. The molecule has 6 nitrogen and oxygen atoms in total. The Hall–Kier alpha value is -3.67. The van der Waals surface area contributed by atoms with Crippen molar-refractivity contribution in [1.29, 1.82) is 0 Å². The van der Waals surface area contributed by atoms with Crippen LogP contribution in [0.1, 0.15) is 22.3 Å². The van der Waals surface area contributed by atoms with Crippen LogP contribution in [-0.4, -0.2) is 34.8 Å². The number of fused-ring (bicyclic) bond motifs is 2. The largest absolute Gasteiger partial charge is 0.337 e. The number of benzene rings is 2. The Morgan fingerprint density at radius 2 is 1.69 bits per heavy atom. The van der Waals surface area contributed by atoms with Gasteiger partial charge < -0.3 is 15.2 Å². The molecule has 2 aromatic carbocycles. The molecule has 2 N–H and O–H groups in total. The van der Waals surface area contributed by atoms with Crippen molar-refractivity contribution in [2.24, 2.45) is 0 Å². The number of rotatable bonds is 2. The molecule has 1 spiro atoms. The molecule has 1 fully saturated rings. The minimum Gasteiger partial charge on any atom is -0.337 e. The number of likely N-dealkylation sites (tertiary alicyclic amines) is 1. The van der Waals surface area contributed by atoms with Crippen LogP contribution in [-0.2, 0) is 10.2 Å². The third-order valence-corrected chi connectivity index (χ3v) is 5.91. The molecule has 0 bridgehead atoms. The average Bonchev–Trinajstić information content (AvgIpc) is 3.31. The number of H-pyrrole nitrogens is 1. The predicted molar refractivity (Wildman–Crippen MR) is 110 cm³/mol. The predicted octanol–water partition coefficient (Wildman–Crippen LogP) is 2.78. The van der Waals surface area contributed by atoms with Crippen molar-refractivity contribution in [3.05, 3.63) is 88.2 Å². The summed E-state index contributed by atoms with van der Waals surface area (Å²) in [5.74, 6) is -0.428. The first-order valence-electron chi connectivity index (χ1n) is 9.57. The van der Waals surface area contributed by atoms with Crippen molar-refractivity contribution in [3.63, 3.8) is 0 Å². The van der Waals surface area contributed by atoms with E-state index in [4.69, 9.17) is 0 Å². The smallest absolute Gasteiger partial charge is 0.261 e. The van der Waals surface area contributed by atoms with E-state index >= 15 is 0 Å². The highest BCUT2D eigenvalue weighted by molar-refractivity contribution is 6.07.